The molecule has 2 aromatic heterocycles. The van der Waals surface area contributed by atoms with E-state index in [0.717, 1.165) is 4.40 Å². The average molecular weight is 229 g/mol. The standard InChI is InChI=1S/C10H6F3NO2/c11-10(12,13)6-5-8(9(15)16)14-4-2-1-3-7(6)14/h1-5H,(H,15,16). The summed E-state index contributed by atoms with van der Waals surface area (Å²) in [7, 11) is 0. The molecule has 0 aliphatic carbocycles. The van der Waals surface area contributed by atoms with Gasteiger partial charge in [0.1, 0.15) is 5.69 Å². The van der Waals surface area contributed by atoms with Gasteiger partial charge in [0.25, 0.3) is 0 Å². The number of nitrogens with zero attached hydrogens (tertiary/aromatic N) is 1. The van der Waals surface area contributed by atoms with Gasteiger partial charge in [-0.2, -0.15) is 13.2 Å². The van der Waals surface area contributed by atoms with Crippen molar-refractivity contribution in [3.63, 3.8) is 0 Å². The number of fused-ring (bicyclic) bond motifs is 1. The van der Waals surface area contributed by atoms with Gasteiger partial charge in [0.15, 0.2) is 0 Å². The van der Waals surface area contributed by atoms with E-state index in [4.69, 9.17) is 5.11 Å². The molecule has 2 rings (SSSR count). The van der Waals surface area contributed by atoms with Crippen LogP contribution in [-0.4, -0.2) is 15.5 Å². The highest BCUT2D eigenvalue weighted by molar-refractivity contribution is 5.88. The zero-order valence-corrected chi connectivity index (χ0v) is 7.82. The molecule has 0 aromatic carbocycles. The van der Waals surface area contributed by atoms with E-state index in [9.17, 15) is 18.0 Å². The molecule has 16 heavy (non-hydrogen) atoms. The second kappa shape index (κ2) is 3.26. The highest BCUT2D eigenvalue weighted by Gasteiger charge is 2.35. The Morgan fingerprint density at radius 2 is 2.00 bits per heavy atom. The lowest BCUT2D eigenvalue weighted by Gasteiger charge is -2.03. The number of carbonyl (C=O) groups is 1. The fourth-order valence-electron chi connectivity index (χ4n) is 1.54. The molecule has 6 heteroatoms. The number of rotatable bonds is 1. The molecule has 0 radical (unpaired) electrons. The van der Waals surface area contributed by atoms with Crippen molar-refractivity contribution < 1.29 is 23.1 Å². The number of hydrogen-bond donors (Lipinski definition) is 1. The number of carboxylic acids is 1. The van der Waals surface area contributed by atoms with Gasteiger partial charge < -0.3 is 9.51 Å². The molecule has 0 spiro atoms. The number of hydrogen-bond acceptors (Lipinski definition) is 1. The van der Waals surface area contributed by atoms with Gasteiger partial charge in [-0.25, -0.2) is 4.79 Å². The Labute approximate surface area is 87.7 Å². The van der Waals surface area contributed by atoms with Gasteiger partial charge in [0.2, 0.25) is 0 Å². The van der Waals surface area contributed by atoms with Crippen LogP contribution >= 0.6 is 0 Å². The largest absolute Gasteiger partial charge is 0.477 e. The molecular formula is C10H6F3NO2. The summed E-state index contributed by atoms with van der Waals surface area (Å²) in [6.07, 6.45) is -3.27. The van der Waals surface area contributed by atoms with E-state index in [-0.39, 0.29) is 5.52 Å². The Bertz CT molecular complexity index is 557. The minimum absolute atomic E-state index is 0.160. The minimum atomic E-state index is -4.56. The third-order valence-corrected chi connectivity index (χ3v) is 2.20. The number of carboxylic acid groups (broad SMARTS) is 1. The number of halogens is 3. The van der Waals surface area contributed by atoms with Crippen LogP contribution in [0.2, 0.25) is 0 Å². The molecule has 3 nitrogen and oxygen atoms in total. The maximum absolute atomic E-state index is 12.6. The van der Waals surface area contributed by atoms with Gasteiger partial charge in [-0.05, 0) is 18.2 Å². The first-order valence-electron chi connectivity index (χ1n) is 4.32. The van der Waals surface area contributed by atoms with Gasteiger partial charge in [-0.1, -0.05) is 6.07 Å². The predicted molar refractivity (Wildman–Crippen MR) is 49.4 cm³/mol. The minimum Gasteiger partial charge on any atom is -0.477 e. The van der Waals surface area contributed by atoms with Crippen molar-refractivity contribution >= 4 is 11.5 Å². The topological polar surface area (TPSA) is 41.7 Å². The molecule has 0 atom stereocenters. The first-order valence-corrected chi connectivity index (χ1v) is 4.32. The number of aromatic nitrogens is 1. The lowest BCUT2D eigenvalue weighted by Crippen LogP contribution is -2.03. The van der Waals surface area contributed by atoms with Crippen LogP contribution in [0.25, 0.3) is 5.52 Å². The van der Waals surface area contributed by atoms with Gasteiger partial charge in [-0.3, -0.25) is 0 Å². The summed E-state index contributed by atoms with van der Waals surface area (Å²) in [5, 5.41) is 8.77. The van der Waals surface area contributed by atoms with Crippen LogP contribution in [0.5, 0.6) is 0 Å². The SMILES string of the molecule is O=C(O)c1cc(C(F)(F)F)c2ccccn12. The van der Waals surface area contributed by atoms with Crippen molar-refractivity contribution in [1.29, 1.82) is 0 Å². The van der Waals surface area contributed by atoms with Crippen molar-refractivity contribution in [1.82, 2.24) is 4.40 Å². The van der Waals surface area contributed by atoms with E-state index in [0.29, 0.717) is 6.07 Å². The quantitative estimate of drug-likeness (QED) is 0.816. The molecule has 84 valence electrons. The Morgan fingerprint density at radius 3 is 2.56 bits per heavy atom. The van der Waals surface area contributed by atoms with Crippen LogP contribution in [0.3, 0.4) is 0 Å². The molecule has 0 aliphatic rings. The molecule has 1 N–H and O–H groups in total. The third-order valence-electron chi connectivity index (χ3n) is 2.20. The second-order valence-corrected chi connectivity index (χ2v) is 3.20. The van der Waals surface area contributed by atoms with E-state index in [1.165, 1.54) is 24.4 Å². The molecule has 2 aromatic rings. The highest BCUT2D eigenvalue weighted by Crippen LogP contribution is 2.34. The van der Waals surface area contributed by atoms with Gasteiger partial charge in [-0.15, -0.1) is 0 Å². The smallest absolute Gasteiger partial charge is 0.418 e. The van der Waals surface area contributed by atoms with Gasteiger partial charge >= 0.3 is 12.1 Å². The Hall–Kier alpha value is -1.98. The van der Waals surface area contributed by atoms with Crippen LogP contribution in [-0.2, 0) is 6.18 Å². The first-order chi connectivity index (χ1) is 7.41. The maximum atomic E-state index is 12.6. The Balaban J connectivity index is 2.82. The van der Waals surface area contributed by atoms with Gasteiger partial charge in [0.05, 0.1) is 11.1 Å². The lowest BCUT2D eigenvalue weighted by molar-refractivity contribution is -0.136. The first kappa shape index (κ1) is 10.5. The molecule has 0 fully saturated rings. The molecule has 0 aliphatic heterocycles. The van der Waals surface area contributed by atoms with E-state index in [1.807, 2.05) is 0 Å². The summed E-state index contributed by atoms with van der Waals surface area (Å²) in [5.74, 6) is -1.39. The van der Waals surface area contributed by atoms with Crippen LogP contribution in [0.4, 0.5) is 13.2 Å². The predicted octanol–water partition coefficient (Wildman–Crippen LogP) is 2.66. The average Bonchev–Trinajstić information content (AvgIpc) is 2.56. The Morgan fingerprint density at radius 1 is 1.31 bits per heavy atom. The summed E-state index contributed by atoms with van der Waals surface area (Å²) in [4.78, 5) is 10.8. The normalized spacial score (nSPS) is 11.9. The highest BCUT2D eigenvalue weighted by atomic mass is 19.4. The maximum Gasteiger partial charge on any atom is 0.418 e. The molecule has 2 heterocycles. The fraction of sp³-hybridized carbons (Fsp3) is 0.100. The van der Waals surface area contributed by atoms with E-state index in [2.05, 4.69) is 0 Å². The second-order valence-electron chi connectivity index (χ2n) is 3.20. The zero-order valence-electron chi connectivity index (χ0n) is 7.82. The van der Waals surface area contributed by atoms with E-state index < -0.39 is 23.4 Å². The number of pyridine rings is 1. The Kier molecular flexibility index (Phi) is 2.15. The van der Waals surface area contributed by atoms with Crippen LogP contribution in [0.1, 0.15) is 16.1 Å². The summed E-state index contributed by atoms with van der Waals surface area (Å²) >= 11 is 0. The van der Waals surface area contributed by atoms with Crippen molar-refractivity contribution in [2.75, 3.05) is 0 Å². The van der Waals surface area contributed by atoms with E-state index in [1.54, 1.807) is 0 Å². The van der Waals surface area contributed by atoms with Gasteiger partial charge in [0, 0.05) is 6.20 Å². The summed E-state index contributed by atoms with van der Waals surface area (Å²) < 4.78 is 38.8. The summed E-state index contributed by atoms with van der Waals surface area (Å²) in [6.45, 7) is 0. The summed E-state index contributed by atoms with van der Waals surface area (Å²) in [6, 6.07) is 4.77. The molecule has 0 saturated heterocycles. The molecule has 0 unspecified atom stereocenters. The van der Waals surface area contributed by atoms with Crippen LogP contribution in [0.15, 0.2) is 30.5 Å². The van der Waals surface area contributed by atoms with Crippen LogP contribution < -0.4 is 0 Å². The fourth-order valence-corrected chi connectivity index (χ4v) is 1.54. The summed E-state index contributed by atoms with van der Waals surface area (Å²) in [5.41, 5.74) is -1.50. The monoisotopic (exact) mass is 229 g/mol. The van der Waals surface area contributed by atoms with Crippen molar-refractivity contribution in [2.45, 2.75) is 6.18 Å². The molecule has 0 bridgehead atoms. The zero-order chi connectivity index (χ0) is 11.9. The number of aromatic carboxylic acids is 1. The molecule has 0 amide bonds. The van der Waals surface area contributed by atoms with Crippen molar-refractivity contribution in [2.24, 2.45) is 0 Å². The van der Waals surface area contributed by atoms with Crippen molar-refractivity contribution in [3.8, 4) is 0 Å². The molecular weight excluding hydrogens is 223 g/mol. The third kappa shape index (κ3) is 1.52. The van der Waals surface area contributed by atoms with Crippen LogP contribution in [0, 0.1) is 0 Å². The van der Waals surface area contributed by atoms with Crippen molar-refractivity contribution in [3.05, 3.63) is 41.7 Å². The van der Waals surface area contributed by atoms with E-state index >= 15 is 0 Å². The lowest BCUT2D eigenvalue weighted by atomic mass is 10.2. The molecule has 0 saturated carbocycles. The number of alkyl halides is 3.